The quantitative estimate of drug-likeness (QED) is 0.608. The first-order chi connectivity index (χ1) is 14.4. The number of hydrogen-bond donors (Lipinski definition) is 0. The summed E-state index contributed by atoms with van der Waals surface area (Å²) in [6.45, 7) is 1.97. The van der Waals surface area contributed by atoms with Gasteiger partial charge in [-0.1, -0.05) is 11.2 Å². The number of rotatable bonds is 5. The van der Waals surface area contributed by atoms with Gasteiger partial charge in [-0.05, 0) is 23.6 Å². The first-order valence-electron chi connectivity index (χ1n) is 9.32. The van der Waals surface area contributed by atoms with Crippen LogP contribution in [0.4, 0.5) is 19.0 Å². The summed E-state index contributed by atoms with van der Waals surface area (Å²) in [5.41, 5.74) is -0.775. The van der Waals surface area contributed by atoms with Gasteiger partial charge in [0.05, 0.1) is 10.4 Å². The number of thiophene rings is 1. The molecule has 1 saturated heterocycles. The summed E-state index contributed by atoms with van der Waals surface area (Å²) in [5.74, 6) is 1.39. The van der Waals surface area contributed by atoms with Crippen LogP contribution in [0.25, 0.3) is 10.7 Å². The normalized spacial score (nSPS) is 14.9. The van der Waals surface area contributed by atoms with Crippen LogP contribution in [-0.4, -0.2) is 52.1 Å². The molecule has 0 aliphatic carbocycles. The summed E-state index contributed by atoms with van der Waals surface area (Å²) in [5, 5.41) is 5.85. The molecule has 1 amide bonds. The zero-order chi connectivity index (χ0) is 21.1. The molecule has 0 unspecified atom stereocenters. The number of anilines is 1. The predicted octanol–water partition coefficient (Wildman–Crippen LogP) is 3.49. The van der Waals surface area contributed by atoms with Crippen molar-refractivity contribution in [1.82, 2.24) is 20.0 Å². The van der Waals surface area contributed by atoms with E-state index >= 15 is 0 Å². The van der Waals surface area contributed by atoms with Crippen molar-refractivity contribution >= 4 is 23.1 Å². The highest BCUT2D eigenvalue weighted by Gasteiger charge is 2.31. The van der Waals surface area contributed by atoms with E-state index < -0.39 is 11.7 Å². The summed E-state index contributed by atoms with van der Waals surface area (Å²) in [4.78, 5) is 25.2. The Hall–Kier alpha value is -2.95. The number of pyridine rings is 1. The fraction of sp³-hybridized carbons (Fsp3) is 0.368. The van der Waals surface area contributed by atoms with Gasteiger partial charge in [-0.3, -0.25) is 4.79 Å². The lowest BCUT2D eigenvalue weighted by atomic mass is 10.2. The minimum absolute atomic E-state index is 0.0223. The second-order valence-corrected chi connectivity index (χ2v) is 7.71. The van der Waals surface area contributed by atoms with Crippen LogP contribution < -0.4 is 4.90 Å². The number of carbonyl (C=O) groups is 1. The maximum atomic E-state index is 12.7. The highest BCUT2D eigenvalue weighted by Crippen LogP contribution is 2.29. The highest BCUT2D eigenvalue weighted by atomic mass is 32.1. The highest BCUT2D eigenvalue weighted by molar-refractivity contribution is 7.13. The number of hydrogen-bond acceptors (Lipinski definition) is 7. The number of amides is 1. The van der Waals surface area contributed by atoms with Gasteiger partial charge in [0.15, 0.2) is 0 Å². The van der Waals surface area contributed by atoms with Crippen molar-refractivity contribution < 1.29 is 22.5 Å². The summed E-state index contributed by atoms with van der Waals surface area (Å²) in [7, 11) is 0. The molecule has 4 rings (SSSR count). The van der Waals surface area contributed by atoms with E-state index in [1.54, 1.807) is 4.90 Å². The molecule has 0 radical (unpaired) electrons. The van der Waals surface area contributed by atoms with Crippen LogP contribution in [0.2, 0.25) is 0 Å². The maximum Gasteiger partial charge on any atom is 0.417 e. The van der Waals surface area contributed by atoms with Crippen LogP contribution >= 0.6 is 11.3 Å². The van der Waals surface area contributed by atoms with Crippen LogP contribution in [0.15, 0.2) is 40.4 Å². The molecule has 0 atom stereocenters. The van der Waals surface area contributed by atoms with E-state index in [4.69, 9.17) is 4.52 Å². The second kappa shape index (κ2) is 8.42. The molecule has 7 nitrogen and oxygen atoms in total. The molecule has 0 aromatic carbocycles. The topological polar surface area (TPSA) is 75.4 Å². The van der Waals surface area contributed by atoms with Gasteiger partial charge in [-0.15, -0.1) is 11.3 Å². The molecule has 158 valence electrons. The van der Waals surface area contributed by atoms with Gasteiger partial charge < -0.3 is 14.3 Å². The molecule has 4 heterocycles. The van der Waals surface area contributed by atoms with Crippen LogP contribution in [0.1, 0.15) is 17.9 Å². The molecule has 0 N–H and O–H groups in total. The van der Waals surface area contributed by atoms with Crippen LogP contribution in [0.5, 0.6) is 0 Å². The molecule has 0 saturated carbocycles. The average Bonchev–Trinajstić information content (AvgIpc) is 3.43. The third-order valence-electron chi connectivity index (χ3n) is 4.79. The van der Waals surface area contributed by atoms with Crippen LogP contribution in [-0.2, 0) is 17.4 Å². The first-order valence-corrected chi connectivity index (χ1v) is 10.2. The Bertz CT molecular complexity index is 981. The Balaban J connectivity index is 1.26. The molecule has 0 spiro atoms. The zero-order valence-corrected chi connectivity index (χ0v) is 16.6. The lowest BCUT2D eigenvalue weighted by molar-refractivity contribution is -0.137. The molecule has 1 aliphatic rings. The van der Waals surface area contributed by atoms with Crippen LogP contribution in [0.3, 0.4) is 0 Å². The fourth-order valence-electron chi connectivity index (χ4n) is 3.16. The number of piperazine rings is 1. The van der Waals surface area contributed by atoms with Crippen molar-refractivity contribution in [3.8, 4) is 10.7 Å². The molecular weight excluding hydrogens is 419 g/mol. The van der Waals surface area contributed by atoms with Crippen molar-refractivity contribution in [1.29, 1.82) is 0 Å². The predicted molar refractivity (Wildman–Crippen MR) is 104 cm³/mol. The molecule has 3 aromatic heterocycles. The zero-order valence-electron chi connectivity index (χ0n) is 15.8. The van der Waals surface area contributed by atoms with Crippen LogP contribution in [0, 0.1) is 0 Å². The van der Waals surface area contributed by atoms with Gasteiger partial charge in [-0.2, -0.15) is 18.2 Å². The third kappa shape index (κ3) is 4.61. The number of alkyl halides is 3. The first kappa shape index (κ1) is 20.3. The Morgan fingerprint density at radius 3 is 2.60 bits per heavy atom. The smallest absolute Gasteiger partial charge is 0.353 e. The molecule has 3 aromatic rings. The number of aromatic nitrogens is 3. The molecule has 0 bridgehead atoms. The average molecular weight is 437 g/mol. The van der Waals surface area contributed by atoms with Crippen molar-refractivity contribution in [2.45, 2.75) is 19.0 Å². The summed E-state index contributed by atoms with van der Waals surface area (Å²) in [6.07, 6.45) is -2.95. The van der Waals surface area contributed by atoms with Gasteiger partial charge in [-0.25, -0.2) is 4.98 Å². The molecule has 1 aliphatic heterocycles. The van der Waals surface area contributed by atoms with Gasteiger partial charge >= 0.3 is 6.18 Å². The number of aryl methyl sites for hydroxylation is 1. The Morgan fingerprint density at radius 2 is 1.97 bits per heavy atom. The van der Waals surface area contributed by atoms with Crippen molar-refractivity contribution in [2.24, 2.45) is 0 Å². The summed E-state index contributed by atoms with van der Waals surface area (Å²) in [6, 6.07) is 6.19. The lowest BCUT2D eigenvalue weighted by Crippen LogP contribution is -2.49. The maximum absolute atomic E-state index is 12.7. The van der Waals surface area contributed by atoms with E-state index in [1.807, 2.05) is 22.4 Å². The Kier molecular flexibility index (Phi) is 5.71. The van der Waals surface area contributed by atoms with E-state index in [1.165, 1.54) is 17.4 Å². The largest absolute Gasteiger partial charge is 0.417 e. The van der Waals surface area contributed by atoms with Gasteiger partial charge in [0, 0.05) is 45.2 Å². The molecule has 11 heteroatoms. The Morgan fingerprint density at radius 1 is 1.17 bits per heavy atom. The van der Waals surface area contributed by atoms with E-state index in [9.17, 15) is 18.0 Å². The van der Waals surface area contributed by atoms with Gasteiger partial charge in [0.1, 0.15) is 5.82 Å². The number of carbonyl (C=O) groups excluding carboxylic acids is 1. The molecule has 30 heavy (non-hydrogen) atoms. The monoisotopic (exact) mass is 437 g/mol. The minimum atomic E-state index is -4.40. The molecular formula is C19H18F3N5O2S. The van der Waals surface area contributed by atoms with Gasteiger partial charge in [0.2, 0.25) is 17.6 Å². The fourth-order valence-corrected chi connectivity index (χ4v) is 3.81. The number of halogens is 3. The SMILES string of the molecule is O=C(CCc1nc(-c2cccs2)no1)N1CCN(c2ccc(C(F)(F)F)cn2)CC1. The van der Waals surface area contributed by atoms with E-state index in [0.717, 1.165) is 17.1 Å². The summed E-state index contributed by atoms with van der Waals surface area (Å²) >= 11 is 1.51. The minimum Gasteiger partial charge on any atom is -0.353 e. The van der Waals surface area contributed by atoms with E-state index in [0.29, 0.717) is 50.1 Å². The van der Waals surface area contributed by atoms with Crippen molar-refractivity contribution in [3.63, 3.8) is 0 Å². The van der Waals surface area contributed by atoms with Crippen molar-refractivity contribution in [2.75, 3.05) is 31.1 Å². The van der Waals surface area contributed by atoms with E-state index in [2.05, 4.69) is 15.1 Å². The molecule has 1 fully saturated rings. The summed E-state index contributed by atoms with van der Waals surface area (Å²) < 4.78 is 43.2. The number of nitrogens with zero attached hydrogens (tertiary/aromatic N) is 5. The van der Waals surface area contributed by atoms with E-state index in [-0.39, 0.29) is 12.3 Å². The standard InChI is InChI=1S/C19H18F3N5O2S/c20-19(21,22)13-3-4-15(23-12-13)26-7-9-27(10-8-26)17(28)6-5-16-24-18(25-29-16)14-2-1-11-30-14/h1-4,11-12H,5-10H2. The van der Waals surface area contributed by atoms with Gasteiger partial charge in [0.25, 0.3) is 0 Å². The lowest BCUT2D eigenvalue weighted by Gasteiger charge is -2.35. The third-order valence-corrected chi connectivity index (χ3v) is 5.66. The Labute approximate surface area is 174 Å². The second-order valence-electron chi connectivity index (χ2n) is 6.76. The van der Waals surface area contributed by atoms with Crippen molar-refractivity contribution in [3.05, 3.63) is 47.3 Å².